The first-order valence-corrected chi connectivity index (χ1v) is 10.4. The van der Waals surface area contributed by atoms with Crippen molar-refractivity contribution in [3.05, 3.63) is 12.3 Å². The number of thiophene rings is 1. The van der Waals surface area contributed by atoms with Gasteiger partial charge in [-0.15, -0.1) is 11.3 Å². The zero-order chi connectivity index (χ0) is 21.0. The molecule has 5 heterocycles. The number of imidazole rings is 1. The van der Waals surface area contributed by atoms with Gasteiger partial charge in [0.05, 0.1) is 11.5 Å². The number of hydrogen-bond donors (Lipinski definition) is 1. The second kappa shape index (κ2) is 7.11. The predicted molar refractivity (Wildman–Crippen MR) is 104 cm³/mol. The fourth-order valence-electron chi connectivity index (χ4n) is 4.10. The van der Waals surface area contributed by atoms with E-state index in [-0.39, 0.29) is 24.4 Å². The van der Waals surface area contributed by atoms with Crippen LogP contribution in [-0.2, 0) is 16.1 Å². The monoisotopic (exact) mass is 439 g/mol. The second-order valence-corrected chi connectivity index (χ2v) is 8.38. The Kier molecular flexibility index (Phi) is 4.53. The number of alkyl halides is 2. The molecule has 160 valence electrons. The topological polar surface area (TPSA) is 103 Å². The molecule has 3 aliphatic heterocycles. The Labute approximate surface area is 174 Å². The van der Waals surface area contributed by atoms with Crippen molar-refractivity contribution in [1.82, 2.24) is 9.55 Å². The van der Waals surface area contributed by atoms with Crippen LogP contribution >= 0.6 is 11.3 Å². The molecule has 2 aromatic heterocycles. The third kappa shape index (κ3) is 2.97. The SMILES string of the molecule is NC(=O)[C@@H]1CCCN1c1cc2c(s1)-c1nc(N3C(=O)OCC3C(F)F)cn1CCO2. The van der Waals surface area contributed by atoms with Crippen molar-refractivity contribution in [1.29, 1.82) is 0 Å². The van der Waals surface area contributed by atoms with Crippen molar-refractivity contribution in [2.45, 2.75) is 37.9 Å². The Bertz CT molecular complexity index is 1010. The second-order valence-electron chi connectivity index (χ2n) is 7.35. The summed E-state index contributed by atoms with van der Waals surface area (Å²) >= 11 is 1.40. The van der Waals surface area contributed by atoms with E-state index < -0.39 is 18.6 Å². The number of aromatic nitrogens is 2. The normalized spacial score (nSPS) is 23.2. The van der Waals surface area contributed by atoms with Gasteiger partial charge in [-0.2, -0.15) is 0 Å². The summed E-state index contributed by atoms with van der Waals surface area (Å²) in [4.78, 5) is 31.9. The van der Waals surface area contributed by atoms with Crippen LogP contribution in [0, 0.1) is 0 Å². The van der Waals surface area contributed by atoms with Crippen LogP contribution in [0.1, 0.15) is 12.8 Å². The van der Waals surface area contributed by atoms with Gasteiger partial charge in [-0.05, 0) is 12.8 Å². The average molecular weight is 439 g/mol. The maximum Gasteiger partial charge on any atom is 0.416 e. The molecule has 0 aromatic carbocycles. The van der Waals surface area contributed by atoms with Crippen LogP contribution in [0.5, 0.6) is 5.75 Å². The van der Waals surface area contributed by atoms with Gasteiger partial charge in [0.2, 0.25) is 5.91 Å². The quantitative estimate of drug-likeness (QED) is 0.782. The summed E-state index contributed by atoms with van der Waals surface area (Å²) in [6.07, 6.45) is -0.452. The third-order valence-electron chi connectivity index (χ3n) is 5.55. The van der Waals surface area contributed by atoms with Crippen LogP contribution in [0.25, 0.3) is 10.7 Å². The van der Waals surface area contributed by atoms with Crippen molar-refractivity contribution in [3.63, 3.8) is 0 Å². The maximum atomic E-state index is 13.3. The van der Waals surface area contributed by atoms with Crippen LogP contribution in [0.3, 0.4) is 0 Å². The number of carbonyl (C=O) groups excluding carboxylic acids is 2. The highest BCUT2D eigenvalue weighted by Gasteiger charge is 2.42. The molecule has 2 saturated heterocycles. The van der Waals surface area contributed by atoms with Gasteiger partial charge < -0.3 is 24.7 Å². The summed E-state index contributed by atoms with van der Waals surface area (Å²) in [6, 6.07) is 0.123. The Balaban J connectivity index is 1.52. The molecule has 3 aliphatic rings. The number of cyclic esters (lactones) is 1. The highest BCUT2D eigenvalue weighted by atomic mass is 32.1. The molecule has 12 heteroatoms. The van der Waals surface area contributed by atoms with Crippen molar-refractivity contribution in [2.75, 3.05) is 29.6 Å². The molecule has 1 unspecified atom stereocenters. The van der Waals surface area contributed by atoms with Crippen LogP contribution in [0.4, 0.5) is 24.4 Å². The molecule has 2 amide bonds. The van der Waals surface area contributed by atoms with Crippen molar-refractivity contribution in [3.8, 4) is 16.5 Å². The lowest BCUT2D eigenvalue weighted by Gasteiger charge is -2.22. The summed E-state index contributed by atoms with van der Waals surface area (Å²) in [7, 11) is 0. The fraction of sp³-hybridized carbons (Fsp3) is 0.500. The number of halogens is 2. The number of carbonyl (C=O) groups is 2. The minimum atomic E-state index is -2.74. The van der Waals surface area contributed by atoms with Crippen molar-refractivity contribution >= 4 is 34.2 Å². The minimum Gasteiger partial charge on any atom is -0.490 e. The van der Waals surface area contributed by atoms with Crippen molar-refractivity contribution in [2.24, 2.45) is 5.73 Å². The van der Waals surface area contributed by atoms with Gasteiger partial charge in [0.25, 0.3) is 6.43 Å². The Morgan fingerprint density at radius 2 is 2.17 bits per heavy atom. The molecule has 0 spiro atoms. The Morgan fingerprint density at radius 1 is 1.33 bits per heavy atom. The van der Waals surface area contributed by atoms with Gasteiger partial charge in [0.15, 0.2) is 11.6 Å². The van der Waals surface area contributed by atoms with E-state index in [1.54, 1.807) is 10.8 Å². The van der Waals surface area contributed by atoms with E-state index in [0.29, 0.717) is 42.6 Å². The largest absolute Gasteiger partial charge is 0.490 e. The number of primary amides is 1. The van der Waals surface area contributed by atoms with Gasteiger partial charge in [0, 0.05) is 18.8 Å². The number of fused-ring (bicyclic) bond motifs is 3. The third-order valence-corrected chi connectivity index (χ3v) is 6.70. The first-order chi connectivity index (χ1) is 14.4. The lowest BCUT2D eigenvalue weighted by Crippen LogP contribution is -2.39. The first kappa shape index (κ1) is 19.1. The molecule has 30 heavy (non-hydrogen) atoms. The van der Waals surface area contributed by atoms with Gasteiger partial charge in [0.1, 0.15) is 35.9 Å². The van der Waals surface area contributed by atoms with E-state index in [1.165, 1.54) is 11.3 Å². The predicted octanol–water partition coefficient (Wildman–Crippen LogP) is 2.05. The summed E-state index contributed by atoms with van der Waals surface area (Å²) < 4.78 is 39.1. The molecule has 0 aliphatic carbocycles. The van der Waals surface area contributed by atoms with Crippen LogP contribution in [-0.4, -0.2) is 59.8 Å². The number of rotatable bonds is 4. The molecule has 0 saturated carbocycles. The molecule has 5 rings (SSSR count). The van der Waals surface area contributed by atoms with Crippen molar-refractivity contribution < 1.29 is 27.8 Å². The molecular weight excluding hydrogens is 420 g/mol. The van der Waals surface area contributed by atoms with Crippen LogP contribution in [0.15, 0.2) is 12.3 Å². The molecular formula is C18H19F2N5O4S. The summed E-state index contributed by atoms with van der Waals surface area (Å²) in [5.41, 5.74) is 5.54. The van der Waals surface area contributed by atoms with E-state index in [9.17, 15) is 18.4 Å². The number of hydrogen-bond acceptors (Lipinski definition) is 7. The summed E-state index contributed by atoms with van der Waals surface area (Å²) in [5, 5.41) is 0.838. The van der Waals surface area contributed by atoms with Crippen LogP contribution < -0.4 is 20.3 Å². The highest BCUT2D eigenvalue weighted by molar-refractivity contribution is 7.19. The summed E-state index contributed by atoms with van der Waals surface area (Å²) in [6.45, 7) is 1.14. The van der Waals surface area contributed by atoms with E-state index in [0.717, 1.165) is 16.3 Å². The number of nitrogens with zero attached hydrogens (tertiary/aromatic N) is 4. The van der Waals surface area contributed by atoms with Gasteiger partial charge in [-0.1, -0.05) is 0 Å². The van der Waals surface area contributed by atoms with Gasteiger partial charge in [-0.25, -0.2) is 23.5 Å². The molecule has 9 nitrogen and oxygen atoms in total. The number of amides is 2. The Hall–Kier alpha value is -2.89. The zero-order valence-corrected chi connectivity index (χ0v) is 16.6. The molecule has 2 N–H and O–H groups in total. The van der Waals surface area contributed by atoms with Crippen LogP contribution in [0.2, 0.25) is 0 Å². The molecule has 2 atom stereocenters. The molecule has 2 fully saturated rings. The van der Waals surface area contributed by atoms with E-state index in [4.69, 9.17) is 15.2 Å². The number of nitrogens with two attached hydrogens (primary N) is 1. The minimum absolute atomic E-state index is 0.122. The Morgan fingerprint density at radius 3 is 2.93 bits per heavy atom. The first-order valence-electron chi connectivity index (χ1n) is 9.58. The molecule has 0 bridgehead atoms. The standard InChI is InChI=1S/C18H19F2N5O4S/c19-15(20)10-8-29-18(27)25(10)12-7-23-4-5-28-11-6-13(30-14(11)17(23)22-12)24-3-1-2-9(24)16(21)26/h6-7,9-10,15H,1-5,8H2,(H2,21,26)/t9-,10?/m0/s1. The molecule has 2 aromatic rings. The number of ether oxygens (including phenoxy) is 2. The average Bonchev–Trinajstić information content (AvgIpc) is 3.45. The van der Waals surface area contributed by atoms with E-state index in [2.05, 4.69) is 4.98 Å². The molecule has 0 radical (unpaired) electrons. The smallest absolute Gasteiger partial charge is 0.416 e. The van der Waals surface area contributed by atoms with Gasteiger partial charge in [-0.3, -0.25) is 4.79 Å². The number of anilines is 2. The fourth-order valence-corrected chi connectivity index (χ4v) is 5.29. The summed E-state index contributed by atoms with van der Waals surface area (Å²) in [5.74, 6) is 0.884. The lowest BCUT2D eigenvalue weighted by molar-refractivity contribution is -0.119. The van der Waals surface area contributed by atoms with E-state index in [1.807, 2.05) is 11.0 Å². The lowest BCUT2D eigenvalue weighted by atomic mass is 10.2. The zero-order valence-electron chi connectivity index (χ0n) is 15.8. The van der Waals surface area contributed by atoms with E-state index >= 15 is 0 Å². The van der Waals surface area contributed by atoms with Gasteiger partial charge >= 0.3 is 6.09 Å². The highest BCUT2D eigenvalue weighted by Crippen LogP contribution is 2.46. The maximum absolute atomic E-state index is 13.3.